The molecule has 7 nitrogen and oxygen atoms in total. The molecule has 1 saturated carbocycles. The second kappa shape index (κ2) is 6.67. The van der Waals surface area contributed by atoms with Crippen LogP contribution in [0.2, 0.25) is 0 Å². The Balaban J connectivity index is 1.49. The number of hydrogen-bond donors (Lipinski definition) is 2. The Labute approximate surface area is 147 Å². The van der Waals surface area contributed by atoms with Crippen LogP contribution in [0.3, 0.4) is 0 Å². The Bertz CT molecular complexity index is 774. The number of nitrogens with zero attached hydrogens (tertiary/aromatic N) is 1. The van der Waals surface area contributed by atoms with Crippen LogP contribution < -0.4 is 15.5 Å². The Morgan fingerprint density at radius 3 is 2.28 bits per heavy atom. The van der Waals surface area contributed by atoms with Crippen LogP contribution >= 0.6 is 0 Å². The third kappa shape index (κ3) is 4.31. The lowest BCUT2D eigenvalue weighted by Crippen LogP contribution is -2.37. The predicted molar refractivity (Wildman–Crippen MR) is 96.2 cm³/mol. The highest BCUT2D eigenvalue weighted by molar-refractivity contribution is 7.91. The van der Waals surface area contributed by atoms with Crippen molar-refractivity contribution < 1.29 is 18.0 Å². The molecule has 136 valence electrons. The number of rotatable bonds is 5. The normalized spacial score (nSPS) is 26.7. The number of amides is 2. The Kier molecular flexibility index (Phi) is 4.73. The molecule has 1 aliphatic heterocycles. The van der Waals surface area contributed by atoms with Gasteiger partial charge in [0.25, 0.3) is 0 Å². The molecule has 3 unspecified atom stereocenters. The number of benzene rings is 1. The molecule has 2 amide bonds. The summed E-state index contributed by atoms with van der Waals surface area (Å²) in [5, 5.41) is 5.59. The van der Waals surface area contributed by atoms with Gasteiger partial charge in [-0.05, 0) is 37.1 Å². The van der Waals surface area contributed by atoms with Crippen molar-refractivity contribution >= 4 is 33.0 Å². The highest BCUT2D eigenvalue weighted by atomic mass is 32.2. The van der Waals surface area contributed by atoms with E-state index < -0.39 is 9.84 Å². The predicted octanol–water partition coefficient (Wildman–Crippen LogP) is 0.631. The lowest BCUT2D eigenvalue weighted by molar-refractivity contribution is -0.125. The summed E-state index contributed by atoms with van der Waals surface area (Å²) in [4.78, 5) is 26.4. The average molecular weight is 365 g/mol. The van der Waals surface area contributed by atoms with E-state index >= 15 is 0 Å². The number of hydrogen-bond acceptors (Lipinski definition) is 5. The third-order valence-electron chi connectivity index (χ3n) is 4.69. The van der Waals surface area contributed by atoms with E-state index in [0.717, 1.165) is 5.69 Å². The molecule has 1 aromatic rings. The molecular weight excluding hydrogens is 342 g/mol. The number of sulfone groups is 1. The monoisotopic (exact) mass is 365 g/mol. The summed E-state index contributed by atoms with van der Waals surface area (Å²) in [6, 6.07) is 7.16. The van der Waals surface area contributed by atoms with E-state index in [-0.39, 0.29) is 41.2 Å². The maximum absolute atomic E-state index is 12.3. The molecule has 2 fully saturated rings. The summed E-state index contributed by atoms with van der Waals surface area (Å²) >= 11 is 0. The SMILES string of the molecule is CN(C)c1ccc(NC(=O)C2CC2C(=O)NC2CCS(=O)(=O)C2)cc1. The minimum Gasteiger partial charge on any atom is -0.378 e. The van der Waals surface area contributed by atoms with Crippen LogP contribution in [0.5, 0.6) is 0 Å². The van der Waals surface area contributed by atoms with Crippen molar-refractivity contribution in [3.63, 3.8) is 0 Å². The van der Waals surface area contributed by atoms with E-state index in [2.05, 4.69) is 10.6 Å². The summed E-state index contributed by atoms with van der Waals surface area (Å²) in [6.07, 6.45) is 0.961. The van der Waals surface area contributed by atoms with Gasteiger partial charge in [0.2, 0.25) is 11.8 Å². The van der Waals surface area contributed by atoms with Crippen LogP contribution in [-0.4, -0.2) is 51.9 Å². The number of anilines is 2. The Morgan fingerprint density at radius 2 is 1.72 bits per heavy atom. The fourth-order valence-electron chi connectivity index (χ4n) is 3.07. The van der Waals surface area contributed by atoms with E-state index in [0.29, 0.717) is 18.5 Å². The first-order valence-corrected chi connectivity index (χ1v) is 10.2. The van der Waals surface area contributed by atoms with Gasteiger partial charge >= 0.3 is 0 Å². The van der Waals surface area contributed by atoms with Crippen molar-refractivity contribution in [2.45, 2.75) is 18.9 Å². The van der Waals surface area contributed by atoms with Crippen LogP contribution in [0.4, 0.5) is 11.4 Å². The van der Waals surface area contributed by atoms with Crippen molar-refractivity contribution in [3.8, 4) is 0 Å². The van der Waals surface area contributed by atoms with E-state index in [1.54, 1.807) is 0 Å². The topological polar surface area (TPSA) is 95.6 Å². The third-order valence-corrected chi connectivity index (χ3v) is 6.46. The zero-order valence-corrected chi connectivity index (χ0v) is 15.2. The lowest BCUT2D eigenvalue weighted by Gasteiger charge is -2.13. The van der Waals surface area contributed by atoms with Crippen molar-refractivity contribution in [2.75, 3.05) is 35.8 Å². The molecule has 1 aliphatic carbocycles. The second-order valence-corrected chi connectivity index (χ2v) is 9.22. The summed E-state index contributed by atoms with van der Waals surface area (Å²) in [6.45, 7) is 0. The van der Waals surface area contributed by atoms with Gasteiger partial charge in [-0.15, -0.1) is 0 Å². The molecule has 3 atom stereocenters. The van der Waals surface area contributed by atoms with Crippen molar-refractivity contribution in [1.29, 1.82) is 0 Å². The molecule has 0 radical (unpaired) electrons. The maximum atomic E-state index is 12.3. The van der Waals surface area contributed by atoms with Gasteiger partial charge < -0.3 is 15.5 Å². The van der Waals surface area contributed by atoms with E-state index in [4.69, 9.17) is 0 Å². The summed E-state index contributed by atoms with van der Waals surface area (Å²) in [7, 11) is 0.858. The largest absolute Gasteiger partial charge is 0.378 e. The van der Waals surface area contributed by atoms with Gasteiger partial charge in [0.15, 0.2) is 9.84 Å². The average Bonchev–Trinajstić information content (AvgIpc) is 3.27. The standard InChI is InChI=1S/C17H23N3O4S/c1-20(2)13-5-3-11(4-6-13)18-16(21)14-9-15(14)17(22)19-12-7-8-25(23,24)10-12/h3-6,12,14-15H,7-10H2,1-2H3,(H,18,21)(H,19,22). The molecule has 1 saturated heterocycles. The summed E-state index contributed by atoms with van der Waals surface area (Å²) in [5.74, 6) is -0.964. The minimum atomic E-state index is -3.02. The maximum Gasteiger partial charge on any atom is 0.228 e. The van der Waals surface area contributed by atoms with Gasteiger partial charge in [0.1, 0.15) is 0 Å². The van der Waals surface area contributed by atoms with Crippen LogP contribution in [0.1, 0.15) is 12.8 Å². The molecule has 3 rings (SSSR count). The zero-order valence-electron chi connectivity index (χ0n) is 14.4. The van der Waals surface area contributed by atoms with Gasteiger partial charge in [0.05, 0.1) is 23.3 Å². The van der Waals surface area contributed by atoms with Crippen LogP contribution in [0, 0.1) is 11.8 Å². The van der Waals surface area contributed by atoms with Crippen LogP contribution in [0.25, 0.3) is 0 Å². The Hall–Kier alpha value is -2.09. The van der Waals surface area contributed by atoms with Gasteiger partial charge in [-0.1, -0.05) is 0 Å². The fraction of sp³-hybridized carbons (Fsp3) is 0.529. The number of nitrogens with one attached hydrogen (secondary N) is 2. The fourth-order valence-corrected chi connectivity index (χ4v) is 4.74. The molecule has 2 N–H and O–H groups in total. The van der Waals surface area contributed by atoms with Gasteiger partial charge in [-0.25, -0.2) is 8.42 Å². The van der Waals surface area contributed by atoms with Crippen molar-refractivity contribution in [3.05, 3.63) is 24.3 Å². The molecule has 25 heavy (non-hydrogen) atoms. The summed E-state index contributed by atoms with van der Waals surface area (Å²) in [5.41, 5.74) is 1.73. The van der Waals surface area contributed by atoms with Gasteiger partial charge in [0, 0.05) is 31.5 Å². The molecule has 8 heteroatoms. The molecular formula is C17H23N3O4S. The summed E-state index contributed by atoms with van der Waals surface area (Å²) < 4.78 is 22.9. The van der Waals surface area contributed by atoms with E-state index in [9.17, 15) is 18.0 Å². The van der Waals surface area contributed by atoms with Gasteiger partial charge in [-0.2, -0.15) is 0 Å². The molecule has 1 aromatic carbocycles. The molecule has 0 spiro atoms. The van der Waals surface area contributed by atoms with Crippen molar-refractivity contribution in [1.82, 2.24) is 5.32 Å². The number of carbonyl (C=O) groups is 2. The first-order chi connectivity index (χ1) is 11.7. The molecule has 1 heterocycles. The van der Waals surface area contributed by atoms with Gasteiger partial charge in [-0.3, -0.25) is 9.59 Å². The first-order valence-electron chi connectivity index (χ1n) is 8.34. The smallest absolute Gasteiger partial charge is 0.228 e. The second-order valence-electron chi connectivity index (χ2n) is 6.99. The Morgan fingerprint density at radius 1 is 1.08 bits per heavy atom. The number of carbonyl (C=O) groups excluding carboxylic acids is 2. The van der Waals surface area contributed by atoms with E-state index in [1.165, 1.54) is 0 Å². The van der Waals surface area contributed by atoms with Crippen LogP contribution in [0.15, 0.2) is 24.3 Å². The molecule has 0 bridgehead atoms. The zero-order chi connectivity index (χ0) is 18.2. The van der Waals surface area contributed by atoms with E-state index in [1.807, 2.05) is 43.3 Å². The first kappa shape index (κ1) is 17.7. The quantitative estimate of drug-likeness (QED) is 0.798. The van der Waals surface area contributed by atoms with Crippen molar-refractivity contribution in [2.24, 2.45) is 11.8 Å². The molecule has 0 aromatic heterocycles. The highest BCUT2D eigenvalue weighted by Crippen LogP contribution is 2.39. The lowest BCUT2D eigenvalue weighted by atomic mass is 10.2. The highest BCUT2D eigenvalue weighted by Gasteiger charge is 2.48. The molecule has 2 aliphatic rings. The van der Waals surface area contributed by atoms with Crippen LogP contribution in [-0.2, 0) is 19.4 Å². The minimum absolute atomic E-state index is 0.000542.